The SMILES string of the molecule is Cc1c(N2CCN(Cc3cc(C(F)(F)F)co3)CC2)c(=O)n(CC(N)c2ccccc2)c(=O)n1Cc1c(F)cccc1C(F)(F)F. The number of nitrogens with two attached hydrogens (primary N) is 1. The average Bonchev–Trinajstić information content (AvgIpc) is 3.48. The van der Waals surface area contributed by atoms with Crippen LogP contribution in [0.4, 0.5) is 36.4 Å². The fourth-order valence-corrected chi connectivity index (χ4v) is 5.61. The van der Waals surface area contributed by atoms with Crippen molar-refractivity contribution in [1.29, 1.82) is 0 Å². The number of aromatic nitrogens is 2. The van der Waals surface area contributed by atoms with E-state index in [1.54, 1.807) is 35.2 Å². The van der Waals surface area contributed by atoms with Crippen molar-refractivity contribution in [2.24, 2.45) is 5.73 Å². The summed E-state index contributed by atoms with van der Waals surface area (Å²) in [6.45, 7) is 1.33. The first-order valence-electron chi connectivity index (χ1n) is 14.3. The second-order valence-electron chi connectivity index (χ2n) is 11.1. The molecule has 46 heavy (non-hydrogen) atoms. The molecule has 2 aromatic heterocycles. The lowest BCUT2D eigenvalue weighted by Crippen LogP contribution is -2.51. The van der Waals surface area contributed by atoms with Crippen molar-refractivity contribution < 1.29 is 35.2 Å². The van der Waals surface area contributed by atoms with Gasteiger partial charge in [0.05, 0.1) is 30.8 Å². The second-order valence-corrected chi connectivity index (χ2v) is 11.1. The van der Waals surface area contributed by atoms with Gasteiger partial charge in [-0.2, -0.15) is 26.3 Å². The fourth-order valence-electron chi connectivity index (χ4n) is 5.61. The average molecular weight is 654 g/mol. The molecule has 1 atom stereocenters. The van der Waals surface area contributed by atoms with Crippen LogP contribution in [0, 0.1) is 12.7 Å². The van der Waals surface area contributed by atoms with Gasteiger partial charge in [-0.25, -0.2) is 9.18 Å². The van der Waals surface area contributed by atoms with Crippen LogP contribution in [0.15, 0.2) is 74.9 Å². The molecule has 1 fully saturated rings. The molecule has 1 aliphatic rings. The van der Waals surface area contributed by atoms with Crippen LogP contribution in [0.25, 0.3) is 0 Å². The zero-order valence-corrected chi connectivity index (χ0v) is 24.5. The van der Waals surface area contributed by atoms with Crippen LogP contribution < -0.4 is 21.9 Å². The van der Waals surface area contributed by atoms with E-state index in [0.717, 1.165) is 33.4 Å². The molecule has 4 aromatic rings. The van der Waals surface area contributed by atoms with Crippen LogP contribution in [-0.2, 0) is 32.0 Å². The molecule has 1 unspecified atom stereocenters. The Kier molecular flexibility index (Phi) is 9.18. The summed E-state index contributed by atoms with van der Waals surface area (Å²) < 4.78 is 102. The normalized spacial score (nSPS) is 15.4. The van der Waals surface area contributed by atoms with Crippen molar-refractivity contribution in [3.8, 4) is 0 Å². The molecule has 2 aromatic carbocycles. The maximum atomic E-state index is 14.9. The summed E-state index contributed by atoms with van der Waals surface area (Å²) in [5.41, 5.74) is 2.43. The summed E-state index contributed by atoms with van der Waals surface area (Å²) in [7, 11) is 0. The van der Waals surface area contributed by atoms with Gasteiger partial charge >= 0.3 is 18.0 Å². The van der Waals surface area contributed by atoms with Gasteiger partial charge in [0.25, 0.3) is 5.56 Å². The lowest BCUT2D eigenvalue weighted by molar-refractivity contribution is -0.139. The van der Waals surface area contributed by atoms with Gasteiger partial charge in [0.15, 0.2) is 0 Å². The Bertz CT molecular complexity index is 1800. The third kappa shape index (κ3) is 6.89. The quantitative estimate of drug-likeness (QED) is 0.265. The smallest absolute Gasteiger partial charge is 0.419 e. The number of rotatable bonds is 8. The van der Waals surface area contributed by atoms with Gasteiger partial charge in [0.2, 0.25) is 0 Å². The van der Waals surface area contributed by atoms with Crippen molar-refractivity contribution in [3.05, 3.63) is 121 Å². The standard InChI is InChI=1S/C31H30F7N5O3/c1-19-27(41-12-10-40(11-13-41)15-22-14-21(18-46-22)30(33,34)35)28(44)43(17-26(39)20-6-3-2-4-7-20)29(45)42(19)16-23-24(31(36,37)38)8-5-9-25(23)32/h2-9,14,18,26H,10-13,15-17,39H2,1H3. The lowest BCUT2D eigenvalue weighted by Gasteiger charge is -2.36. The van der Waals surface area contributed by atoms with E-state index < -0.39 is 58.7 Å². The molecule has 0 radical (unpaired) electrons. The van der Waals surface area contributed by atoms with Crippen molar-refractivity contribution in [3.63, 3.8) is 0 Å². The van der Waals surface area contributed by atoms with Gasteiger partial charge < -0.3 is 15.1 Å². The van der Waals surface area contributed by atoms with Crippen LogP contribution in [0.5, 0.6) is 0 Å². The Morgan fingerprint density at radius 2 is 1.54 bits per heavy atom. The van der Waals surface area contributed by atoms with Gasteiger partial charge in [-0.1, -0.05) is 36.4 Å². The van der Waals surface area contributed by atoms with Gasteiger partial charge in [0, 0.05) is 43.5 Å². The minimum atomic E-state index is -4.91. The molecular weight excluding hydrogens is 623 g/mol. The molecule has 0 saturated carbocycles. The number of nitrogens with zero attached hydrogens (tertiary/aromatic N) is 4. The predicted molar refractivity (Wildman–Crippen MR) is 155 cm³/mol. The first-order chi connectivity index (χ1) is 21.6. The molecule has 2 N–H and O–H groups in total. The summed E-state index contributed by atoms with van der Waals surface area (Å²) >= 11 is 0. The number of anilines is 1. The minimum absolute atomic E-state index is 0.0294. The third-order valence-corrected chi connectivity index (χ3v) is 8.05. The number of piperazine rings is 1. The lowest BCUT2D eigenvalue weighted by atomic mass is 10.1. The van der Waals surface area contributed by atoms with Crippen LogP contribution in [0.1, 0.15) is 39.7 Å². The summed E-state index contributed by atoms with van der Waals surface area (Å²) in [5, 5.41) is 0. The molecule has 246 valence electrons. The van der Waals surface area contributed by atoms with E-state index in [9.17, 15) is 40.3 Å². The second kappa shape index (κ2) is 12.8. The van der Waals surface area contributed by atoms with Crippen LogP contribution in [0.2, 0.25) is 0 Å². The molecule has 15 heteroatoms. The summed E-state index contributed by atoms with van der Waals surface area (Å²) in [6.07, 6.45) is -8.82. The van der Waals surface area contributed by atoms with Crippen molar-refractivity contribution >= 4 is 5.69 Å². The van der Waals surface area contributed by atoms with Gasteiger partial charge in [-0.15, -0.1) is 0 Å². The zero-order valence-electron chi connectivity index (χ0n) is 24.5. The van der Waals surface area contributed by atoms with E-state index in [1.165, 1.54) is 6.92 Å². The van der Waals surface area contributed by atoms with E-state index in [4.69, 9.17) is 10.2 Å². The van der Waals surface area contributed by atoms with Crippen molar-refractivity contribution in [1.82, 2.24) is 14.0 Å². The molecule has 3 heterocycles. The number of halogens is 7. The Labute approximate surface area is 258 Å². The molecule has 0 spiro atoms. The summed E-state index contributed by atoms with van der Waals surface area (Å²) in [4.78, 5) is 31.1. The Balaban J connectivity index is 1.50. The van der Waals surface area contributed by atoms with Crippen LogP contribution >= 0.6 is 0 Å². The minimum Gasteiger partial charge on any atom is -0.467 e. The maximum absolute atomic E-state index is 14.9. The number of benzene rings is 2. The Hall–Kier alpha value is -4.37. The molecule has 1 aliphatic heterocycles. The molecule has 0 aliphatic carbocycles. The number of hydrogen-bond donors (Lipinski definition) is 1. The monoisotopic (exact) mass is 653 g/mol. The molecule has 5 rings (SSSR count). The Morgan fingerprint density at radius 3 is 2.15 bits per heavy atom. The van der Waals surface area contributed by atoms with E-state index in [1.807, 2.05) is 4.90 Å². The van der Waals surface area contributed by atoms with Gasteiger partial charge in [-0.3, -0.25) is 18.8 Å². The van der Waals surface area contributed by atoms with Crippen molar-refractivity contribution in [2.75, 3.05) is 31.1 Å². The van der Waals surface area contributed by atoms with Gasteiger partial charge in [-0.05, 0) is 30.7 Å². The highest BCUT2D eigenvalue weighted by atomic mass is 19.4. The first kappa shape index (κ1) is 33.0. The Morgan fingerprint density at radius 1 is 0.870 bits per heavy atom. The summed E-state index contributed by atoms with van der Waals surface area (Å²) in [6, 6.07) is 11.2. The van der Waals surface area contributed by atoms with Crippen LogP contribution in [-0.4, -0.2) is 40.2 Å². The van der Waals surface area contributed by atoms with E-state index >= 15 is 0 Å². The van der Waals surface area contributed by atoms with Gasteiger partial charge in [0.1, 0.15) is 23.5 Å². The zero-order chi connectivity index (χ0) is 33.4. The summed E-state index contributed by atoms with van der Waals surface area (Å²) in [5.74, 6) is -1.06. The number of hydrogen-bond acceptors (Lipinski definition) is 6. The van der Waals surface area contributed by atoms with Crippen LogP contribution in [0.3, 0.4) is 0 Å². The third-order valence-electron chi connectivity index (χ3n) is 8.05. The highest BCUT2D eigenvalue weighted by Crippen LogP contribution is 2.34. The topological polar surface area (TPSA) is 89.6 Å². The molecule has 1 saturated heterocycles. The van der Waals surface area contributed by atoms with Crippen molar-refractivity contribution in [2.45, 2.75) is 45.0 Å². The van der Waals surface area contributed by atoms with E-state index in [0.29, 0.717) is 11.8 Å². The predicted octanol–water partition coefficient (Wildman–Crippen LogP) is 5.16. The number of furan rings is 1. The van der Waals surface area contributed by atoms with E-state index in [-0.39, 0.29) is 56.4 Å². The highest BCUT2D eigenvalue weighted by molar-refractivity contribution is 5.50. The fraction of sp³-hybridized carbons (Fsp3) is 0.355. The maximum Gasteiger partial charge on any atom is 0.419 e. The largest absolute Gasteiger partial charge is 0.467 e. The number of alkyl halides is 6. The van der Waals surface area contributed by atoms with E-state index in [2.05, 4.69) is 0 Å². The molecule has 8 nitrogen and oxygen atoms in total. The molecule has 0 bridgehead atoms. The highest BCUT2D eigenvalue weighted by Gasteiger charge is 2.36. The molecule has 0 amide bonds. The first-order valence-corrected chi connectivity index (χ1v) is 14.3. The molecular formula is C31H30F7N5O3.